The summed E-state index contributed by atoms with van der Waals surface area (Å²) >= 11 is 0. The molecule has 0 aromatic heterocycles. The molecule has 0 saturated heterocycles. The first kappa shape index (κ1) is 73.9. The molecule has 12 aliphatic carbocycles. The number of carbonyl (C=O) groups excluding carboxylic acids is 3. The number of hydrogen-bond donors (Lipinski definition) is 0. The molecular formula is C82H128O9. The SMILES string of the molecule is C.C.CC.CCC(C)c1ccc(OCC(=O)OC2(C(C)C)C3CC4CC2CC(C)(C4)C3)cc1.CCC(C)c1ccc(OCC(=O)OC2(C(C)C)C3CC4CC2CC(C)(C4)C3)cc1.CCCC1(OC(=O)COc2ccc(C(C)CC)cc2)C2CC3CC1CC(C)(C3)C2. The van der Waals surface area contributed by atoms with Crippen molar-refractivity contribution in [3.05, 3.63) is 89.5 Å². The number of esters is 3. The molecule has 0 heterocycles. The highest BCUT2D eigenvalue weighted by Crippen LogP contribution is 2.69. The summed E-state index contributed by atoms with van der Waals surface area (Å²) < 4.78 is 36.5. The molecule has 9 heteroatoms. The van der Waals surface area contributed by atoms with Gasteiger partial charge in [0, 0.05) is 23.7 Å². The van der Waals surface area contributed by atoms with E-state index in [0.717, 1.165) is 67.1 Å². The standard InChI is InChI=1S/3C26H38O3.C2H6.2CH4/c2*1-6-18(4)20-7-9-23(10-8-20)28-16-24(27)29-26(17(2)3)21-11-19-12-22(26)15-25(5,13-19)14-21;1-5-11-26(21-12-19-13-22(26)16-25(4,14-19)15-21)29-24(27)17-28-23-9-7-20(8-10-23)18(3)6-2;1-2;;/h2*7-10,17-19,21-22H,6,11-16H2,1-5H3;7-10,18-19,21-22H,5-6,11-17H2,1-4H3;1-2H3;2*1H4. The lowest BCUT2D eigenvalue weighted by Gasteiger charge is -2.65. The Balaban J connectivity index is 0.000000189. The van der Waals surface area contributed by atoms with E-state index in [0.29, 0.717) is 81.3 Å². The molecule has 3 aromatic rings. The third-order valence-electron chi connectivity index (χ3n) is 25.0. The van der Waals surface area contributed by atoms with Crippen molar-refractivity contribution in [1.82, 2.24) is 0 Å². The summed E-state index contributed by atoms with van der Waals surface area (Å²) in [6.07, 6.45) is 24.3. The molecule has 12 aliphatic rings. The minimum atomic E-state index is -0.294. The van der Waals surface area contributed by atoms with Crippen LogP contribution in [0.1, 0.15) is 288 Å². The molecule has 12 saturated carbocycles. The Bertz CT molecular complexity index is 2620. The van der Waals surface area contributed by atoms with Crippen molar-refractivity contribution >= 4 is 17.9 Å². The normalized spacial score (nSPS) is 34.7. The Morgan fingerprint density at radius 1 is 0.396 bits per heavy atom. The molecule has 3 aromatic carbocycles. The van der Waals surface area contributed by atoms with Crippen LogP contribution in [0, 0.1) is 81.3 Å². The van der Waals surface area contributed by atoms with Gasteiger partial charge in [0.25, 0.3) is 0 Å². The Morgan fingerprint density at radius 3 is 0.890 bits per heavy atom. The highest BCUT2D eigenvalue weighted by atomic mass is 16.6. The molecule has 12 bridgehead atoms. The molecule has 9 unspecified atom stereocenters. The molecule has 0 aliphatic heterocycles. The van der Waals surface area contributed by atoms with Gasteiger partial charge >= 0.3 is 17.9 Å². The Labute approximate surface area is 554 Å². The number of hydrogen-bond acceptors (Lipinski definition) is 9. The predicted octanol–water partition coefficient (Wildman–Crippen LogP) is 21.5. The summed E-state index contributed by atoms with van der Waals surface area (Å²) in [5.74, 6) is 9.59. The van der Waals surface area contributed by atoms with E-state index in [4.69, 9.17) is 28.4 Å². The lowest BCUT2D eigenvalue weighted by atomic mass is 9.43. The first-order valence-electron chi connectivity index (χ1n) is 36.2. The van der Waals surface area contributed by atoms with Gasteiger partial charge in [-0.1, -0.05) is 168 Å². The van der Waals surface area contributed by atoms with Gasteiger partial charge in [0.2, 0.25) is 0 Å². The predicted molar refractivity (Wildman–Crippen MR) is 373 cm³/mol. The second kappa shape index (κ2) is 30.5. The van der Waals surface area contributed by atoms with E-state index in [1.54, 1.807) is 0 Å². The fourth-order valence-electron chi connectivity index (χ4n) is 21.2. The Morgan fingerprint density at radius 2 is 0.648 bits per heavy atom. The minimum Gasteiger partial charge on any atom is -0.482 e. The Kier molecular flexibility index (Phi) is 24.7. The van der Waals surface area contributed by atoms with Gasteiger partial charge in [0.15, 0.2) is 19.8 Å². The van der Waals surface area contributed by atoms with Gasteiger partial charge in [0.1, 0.15) is 34.1 Å². The molecule has 15 rings (SSSR count). The third kappa shape index (κ3) is 15.7. The highest BCUT2D eigenvalue weighted by molar-refractivity contribution is 5.73. The van der Waals surface area contributed by atoms with Crippen LogP contribution in [0.15, 0.2) is 72.8 Å². The second-order valence-corrected chi connectivity index (χ2v) is 32.1. The average molecular weight is 1260 g/mol. The van der Waals surface area contributed by atoms with Crippen molar-refractivity contribution in [2.75, 3.05) is 19.8 Å². The van der Waals surface area contributed by atoms with Gasteiger partial charge in [-0.2, -0.15) is 0 Å². The molecule has 0 amide bonds. The number of rotatable bonds is 22. The largest absolute Gasteiger partial charge is 0.482 e. The lowest BCUT2D eigenvalue weighted by molar-refractivity contribution is -0.239. The number of ether oxygens (including phenoxy) is 6. The van der Waals surface area contributed by atoms with E-state index in [2.05, 4.69) is 133 Å². The van der Waals surface area contributed by atoms with Crippen LogP contribution in [-0.2, 0) is 28.6 Å². The van der Waals surface area contributed by atoms with Gasteiger partial charge in [0.05, 0.1) is 0 Å². The van der Waals surface area contributed by atoms with Crippen LogP contribution < -0.4 is 14.2 Å². The van der Waals surface area contributed by atoms with Crippen molar-refractivity contribution in [1.29, 1.82) is 0 Å². The monoisotopic (exact) mass is 1260 g/mol. The number of benzene rings is 3. The van der Waals surface area contributed by atoms with Crippen molar-refractivity contribution in [2.45, 2.75) is 289 Å². The topological polar surface area (TPSA) is 107 Å². The zero-order chi connectivity index (χ0) is 64.3. The fraction of sp³-hybridized carbons (Fsp3) is 0.744. The summed E-state index contributed by atoms with van der Waals surface area (Å²) in [6, 6.07) is 24.4. The van der Waals surface area contributed by atoms with Crippen molar-refractivity contribution in [3.63, 3.8) is 0 Å². The van der Waals surface area contributed by atoms with Gasteiger partial charge in [-0.05, 0) is 251 Å². The number of carbonyl (C=O) groups is 3. The minimum absolute atomic E-state index is 0. The van der Waals surface area contributed by atoms with Gasteiger partial charge < -0.3 is 28.4 Å². The summed E-state index contributed by atoms with van der Waals surface area (Å²) in [5, 5.41) is 0. The van der Waals surface area contributed by atoms with Crippen LogP contribution in [0.25, 0.3) is 0 Å². The van der Waals surface area contributed by atoms with Crippen LogP contribution in [0.4, 0.5) is 0 Å². The van der Waals surface area contributed by atoms with E-state index in [1.807, 2.05) is 50.2 Å². The fourth-order valence-corrected chi connectivity index (χ4v) is 21.2. The van der Waals surface area contributed by atoms with E-state index >= 15 is 0 Å². The van der Waals surface area contributed by atoms with Gasteiger partial charge in [-0.25, -0.2) is 14.4 Å². The van der Waals surface area contributed by atoms with Crippen LogP contribution in [-0.4, -0.2) is 54.5 Å². The van der Waals surface area contributed by atoms with E-state index in [1.165, 1.54) is 113 Å². The van der Waals surface area contributed by atoms with Crippen LogP contribution in [0.5, 0.6) is 17.2 Å². The van der Waals surface area contributed by atoms with Gasteiger partial charge in [-0.3, -0.25) is 0 Å². The molecule has 510 valence electrons. The average Bonchev–Trinajstić information content (AvgIpc) is 0.728. The second-order valence-electron chi connectivity index (χ2n) is 32.1. The lowest BCUT2D eigenvalue weighted by Crippen LogP contribution is -2.64. The maximum Gasteiger partial charge on any atom is 0.344 e. The maximum atomic E-state index is 12.9. The summed E-state index contributed by atoms with van der Waals surface area (Å²) in [4.78, 5) is 38.6. The molecular weight excluding hydrogens is 1130 g/mol. The first-order valence-corrected chi connectivity index (χ1v) is 36.2. The molecule has 12 fully saturated rings. The van der Waals surface area contributed by atoms with Gasteiger partial charge in [-0.15, -0.1) is 0 Å². The van der Waals surface area contributed by atoms with E-state index in [-0.39, 0.29) is 69.4 Å². The van der Waals surface area contributed by atoms with Crippen LogP contribution in [0.3, 0.4) is 0 Å². The van der Waals surface area contributed by atoms with Crippen LogP contribution in [0.2, 0.25) is 0 Å². The van der Waals surface area contributed by atoms with E-state index in [9.17, 15) is 14.4 Å². The first-order chi connectivity index (χ1) is 42.4. The molecule has 9 nitrogen and oxygen atoms in total. The Hall–Kier alpha value is -4.53. The molecule has 0 spiro atoms. The highest BCUT2D eigenvalue weighted by Gasteiger charge is 2.66. The van der Waals surface area contributed by atoms with Crippen molar-refractivity contribution in [3.8, 4) is 17.2 Å². The third-order valence-corrected chi connectivity index (χ3v) is 25.0. The van der Waals surface area contributed by atoms with E-state index < -0.39 is 0 Å². The van der Waals surface area contributed by atoms with Crippen LogP contribution >= 0.6 is 0 Å². The zero-order valence-electron chi connectivity index (χ0n) is 58.4. The summed E-state index contributed by atoms with van der Waals surface area (Å²) in [7, 11) is 0. The maximum absolute atomic E-state index is 12.9. The zero-order valence-corrected chi connectivity index (χ0v) is 58.4. The summed E-state index contributed by atoms with van der Waals surface area (Å²) in [5.41, 5.74) is 4.51. The van der Waals surface area contributed by atoms with Crippen molar-refractivity contribution < 1.29 is 42.8 Å². The smallest absolute Gasteiger partial charge is 0.344 e. The molecule has 9 atom stereocenters. The molecule has 0 N–H and O–H groups in total. The summed E-state index contributed by atoms with van der Waals surface area (Å²) in [6.45, 7) is 35.8. The van der Waals surface area contributed by atoms with Crippen molar-refractivity contribution in [2.24, 2.45) is 81.3 Å². The molecule has 0 radical (unpaired) electrons. The molecule has 91 heavy (non-hydrogen) atoms. The quantitative estimate of drug-likeness (QED) is 0.0718.